The number of rotatable bonds is 6. The van der Waals surface area contributed by atoms with Gasteiger partial charge in [-0.3, -0.25) is 10.1 Å². The van der Waals surface area contributed by atoms with Crippen LogP contribution in [0, 0.1) is 0 Å². The van der Waals surface area contributed by atoms with Gasteiger partial charge in [0.25, 0.3) is 0 Å². The van der Waals surface area contributed by atoms with Gasteiger partial charge in [-0.2, -0.15) is 0 Å². The zero-order valence-electron chi connectivity index (χ0n) is 19.0. The van der Waals surface area contributed by atoms with E-state index in [0.29, 0.717) is 33.4 Å². The summed E-state index contributed by atoms with van der Waals surface area (Å²) < 4.78 is 8.94. The van der Waals surface area contributed by atoms with Gasteiger partial charge >= 0.3 is 16.0 Å². The van der Waals surface area contributed by atoms with Crippen LogP contribution in [0.1, 0.15) is 26.4 Å². The number of pyridine rings is 1. The van der Waals surface area contributed by atoms with E-state index in [1.807, 2.05) is 0 Å². The van der Waals surface area contributed by atoms with Crippen LogP contribution >= 0.6 is 34.8 Å². The Morgan fingerprint density at radius 3 is 2.41 bits per heavy atom. The van der Waals surface area contributed by atoms with Gasteiger partial charge in [0.05, 0.1) is 35.9 Å². The first-order chi connectivity index (χ1) is 17.6. The van der Waals surface area contributed by atoms with Crippen LogP contribution in [-0.4, -0.2) is 43.5 Å². The van der Waals surface area contributed by atoms with E-state index in [0.717, 1.165) is 5.69 Å². The van der Waals surface area contributed by atoms with Gasteiger partial charge in [0.15, 0.2) is 5.78 Å². The molecule has 12 heteroatoms. The molecule has 0 bridgehead atoms. The number of amides is 1. The number of alkyl halides is 3. The van der Waals surface area contributed by atoms with Crippen LogP contribution in [0.15, 0.2) is 73.3 Å². The molecule has 9 nitrogen and oxygen atoms in total. The third-order valence-corrected chi connectivity index (χ3v) is 5.27. The molecule has 37 heavy (non-hydrogen) atoms. The van der Waals surface area contributed by atoms with Crippen molar-refractivity contribution >= 4 is 75.3 Å². The van der Waals surface area contributed by atoms with Crippen LogP contribution in [0.2, 0.25) is 0 Å². The van der Waals surface area contributed by atoms with E-state index in [9.17, 15) is 14.4 Å². The van der Waals surface area contributed by atoms with Crippen molar-refractivity contribution in [2.75, 3.05) is 12.4 Å². The molecule has 0 aliphatic carbocycles. The van der Waals surface area contributed by atoms with Crippen molar-refractivity contribution in [2.24, 2.45) is 0 Å². The molecule has 4 aromatic rings. The fourth-order valence-corrected chi connectivity index (χ4v) is 3.61. The first-order valence-electron chi connectivity index (χ1n) is 10.5. The summed E-state index contributed by atoms with van der Waals surface area (Å²) in [5, 5.41) is 3.09. The molecule has 0 radical (unpaired) electrons. The van der Waals surface area contributed by atoms with Gasteiger partial charge in [-0.1, -0.05) is 0 Å². The summed E-state index contributed by atoms with van der Waals surface area (Å²) in [5.41, 5.74) is 2.95. The van der Waals surface area contributed by atoms with Gasteiger partial charge in [0, 0.05) is 29.0 Å². The normalized spacial score (nSPS) is 11.5. The molecule has 4 rings (SSSR count). The highest BCUT2D eigenvalue weighted by atomic mass is 35.6. The Bertz CT molecular complexity index is 1500. The number of ether oxygens (including phenoxy) is 2. The van der Waals surface area contributed by atoms with Gasteiger partial charge in [-0.05, 0) is 95.5 Å². The van der Waals surface area contributed by atoms with Crippen molar-refractivity contribution in [3.8, 4) is 5.69 Å². The molecule has 2 aromatic heterocycles. The first-order valence-corrected chi connectivity index (χ1v) is 11.7. The summed E-state index contributed by atoms with van der Waals surface area (Å²) in [5.74, 6) is -0.751. The number of nitrogens with zero attached hydrogens (tertiary/aromatic N) is 3. The molecule has 0 saturated heterocycles. The lowest BCUT2D eigenvalue weighted by Crippen LogP contribution is -2.21. The maximum Gasteiger partial charge on any atom is 0.415 e. The number of halogens is 3. The predicted octanol–water partition coefficient (Wildman–Crippen LogP) is 5.98. The quantitative estimate of drug-likeness (QED) is 0.134. The number of carbonyl (C=O) groups is 3. The molecule has 0 aliphatic rings. The smallest absolute Gasteiger partial charge is 0.415 e. The summed E-state index contributed by atoms with van der Waals surface area (Å²) in [6.07, 6.45) is 7.02. The van der Waals surface area contributed by atoms with Crippen molar-refractivity contribution in [2.45, 2.75) is 3.98 Å². The van der Waals surface area contributed by atoms with Gasteiger partial charge < -0.3 is 14.0 Å². The van der Waals surface area contributed by atoms with Crippen molar-refractivity contribution in [1.82, 2.24) is 14.5 Å². The maximum absolute atomic E-state index is 12.7. The SMILES string of the molecule is COC(=O)c1ccc2nc(C=CC(=O)c3ccc(NC(=O)OC(Cl)(Cl)Cl)cc3)cc(-n3ccnc3)c2c1. The highest BCUT2D eigenvalue weighted by Crippen LogP contribution is 2.28. The van der Waals surface area contributed by atoms with Crippen molar-refractivity contribution in [3.05, 3.63) is 90.1 Å². The largest absolute Gasteiger partial charge is 0.465 e. The second kappa shape index (κ2) is 11.0. The van der Waals surface area contributed by atoms with Gasteiger partial charge in [-0.25, -0.2) is 19.6 Å². The Hall–Kier alpha value is -3.92. The molecule has 0 aliphatic heterocycles. The van der Waals surface area contributed by atoms with Crippen LogP contribution in [0.25, 0.3) is 22.7 Å². The van der Waals surface area contributed by atoms with Crippen LogP contribution in [0.5, 0.6) is 0 Å². The summed E-state index contributed by atoms with van der Waals surface area (Å²) >= 11 is 16.2. The van der Waals surface area contributed by atoms with Crippen LogP contribution in [0.3, 0.4) is 0 Å². The Labute approximate surface area is 225 Å². The van der Waals surface area contributed by atoms with Crippen molar-refractivity contribution < 1.29 is 23.9 Å². The molecule has 0 atom stereocenters. The minimum absolute atomic E-state index is 0.289. The number of benzene rings is 2. The van der Waals surface area contributed by atoms with Gasteiger partial charge in [0.1, 0.15) is 0 Å². The van der Waals surface area contributed by atoms with E-state index in [-0.39, 0.29) is 5.78 Å². The lowest BCUT2D eigenvalue weighted by molar-refractivity contribution is 0.0600. The summed E-state index contributed by atoms with van der Waals surface area (Å²) in [7, 11) is 1.32. The number of anilines is 1. The van der Waals surface area contributed by atoms with Crippen LogP contribution in [-0.2, 0) is 9.47 Å². The van der Waals surface area contributed by atoms with E-state index in [1.165, 1.54) is 37.5 Å². The Kier molecular flexibility index (Phi) is 7.77. The monoisotopic (exact) mass is 558 g/mol. The molecule has 1 amide bonds. The fraction of sp³-hybridized carbons (Fsp3) is 0.0800. The van der Waals surface area contributed by atoms with Crippen LogP contribution < -0.4 is 5.32 Å². The standard InChI is InChI=1S/C25H17Cl3N4O5/c1-36-23(34)16-4-8-20-19(12-16)21(32-11-10-29-14-32)13-18(30-20)7-9-22(33)15-2-5-17(6-3-15)31-24(35)37-25(26,27)28/h2-14H,1H3,(H,31,35). The average Bonchev–Trinajstić information content (AvgIpc) is 3.40. The van der Waals surface area contributed by atoms with Crippen LogP contribution in [0.4, 0.5) is 10.5 Å². The minimum atomic E-state index is -2.19. The lowest BCUT2D eigenvalue weighted by atomic mass is 10.1. The summed E-state index contributed by atoms with van der Waals surface area (Å²) in [6, 6.07) is 12.9. The Morgan fingerprint density at radius 2 is 1.76 bits per heavy atom. The molecule has 0 saturated carbocycles. The molecule has 0 spiro atoms. The summed E-state index contributed by atoms with van der Waals surface area (Å²) in [6.45, 7) is 0. The Morgan fingerprint density at radius 1 is 1.03 bits per heavy atom. The van der Waals surface area contributed by atoms with E-state index in [1.54, 1.807) is 53.6 Å². The van der Waals surface area contributed by atoms with Crippen molar-refractivity contribution in [3.63, 3.8) is 0 Å². The molecule has 2 heterocycles. The van der Waals surface area contributed by atoms with Gasteiger partial charge in [-0.15, -0.1) is 0 Å². The number of ketones is 1. The molecular formula is C25H17Cl3N4O5. The van der Waals surface area contributed by atoms with Crippen molar-refractivity contribution in [1.29, 1.82) is 0 Å². The topological polar surface area (TPSA) is 112 Å². The number of fused-ring (bicyclic) bond motifs is 1. The first kappa shape index (κ1) is 26.2. The second-order valence-electron chi connectivity index (χ2n) is 7.49. The minimum Gasteiger partial charge on any atom is -0.465 e. The number of aromatic nitrogens is 3. The average molecular weight is 560 g/mol. The number of hydrogen-bond acceptors (Lipinski definition) is 7. The highest BCUT2D eigenvalue weighted by molar-refractivity contribution is 6.66. The highest BCUT2D eigenvalue weighted by Gasteiger charge is 2.25. The third-order valence-electron chi connectivity index (χ3n) is 5.04. The molecule has 2 aromatic carbocycles. The molecule has 1 N–H and O–H groups in total. The number of nitrogens with one attached hydrogen (secondary N) is 1. The third kappa shape index (κ3) is 6.65. The summed E-state index contributed by atoms with van der Waals surface area (Å²) in [4.78, 5) is 45.1. The van der Waals surface area contributed by atoms with E-state index < -0.39 is 16.0 Å². The lowest BCUT2D eigenvalue weighted by Gasteiger charge is -2.12. The number of allylic oxidation sites excluding steroid dienone is 1. The zero-order valence-corrected chi connectivity index (χ0v) is 21.3. The Balaban J connectivity index is 1.57. The second-order valence-corrected chi connectivity index (χ2v) is 9.67. The van der Waals surface area contributed by atoms with E-state index >= 15 is 0 Å². The molecule has 0 fully saturated rings. The van der Waals surface area contributed by atoms with Gasteiger partial charge in [0.2, 0.25) is 0 Å². The fourth-order valence-electron chi connectivity index (χ4n) is 3.40. The number of hydrogen-bond donors (Lipinski definition) is 1. The number of esters is 1. The molecule has 0 unspecified atom stereocenters. The number of methoxy groups -OCH3 is 1. The maximum atomic E-state index is 12.7. The van der Waals surface area contributed by atoms with E-state index in [2.05, 4.69) is 20.0 Å². The molecular weight excluding hydrogens is 543 g/mol. The zero-order chi connectivity index (χ0) is 26.6. The predicted molar refractivity (Wildman–Crippen MR) is 140 cm³/mol. The number of carbonyl (C=O) groups excluding carboxylic acids is 3. The molecule has 188 valence electrons. The van der Waals surface area contributed by atoms with E-state index in [4.69, 9.17) is 39.5 Å². The number of imidazole rings is 1.